The minimum Gasteiger partial charge on any atom is -0.465 e. The molecule has 1 aromatic carbocycles. The summed E-state index contributed by atoms with van der Waals surface area (Å²) in [5, 5.41) is 3.31. The summed E-state index contributed by atoms with van der Waals surface area (Å²) < 4.78 is 4.72. The van der Waals surface area contributed by atoms with Gasteiger partial charge in [-0.3, -0.25) is 4.90 Å². The van der Waals surface area contributed by atoms with Gasteiger partial charge in [0.15, 0.2) is 0 Å². The van der Waals surface area contributed by atoms with Gasteiger partial charge >= 0.3 is 5.97 Å². The highest BCUT2D eigenvalue weighted by molar-refractivity contribution is 5.98. The topological polar surface area (TPSA) is 67.6 Å². The van der Waals surface area contributed by atoms with E-state index in [4.69, 9.17) is 10.5 Å². The number of para-hydroxylation sites is 1. The van der Waals surface area contributed by atoms with Crippen molar-refractivity contribution in [2.45, 2.75) is 25.8 Å². The summed E-state index contributed by atoms with van der Waals surface area (Å²) in [6.07, 6.45) is 2.63. The molecule has 5 heteroatoms. The predicted octanol–water partition coefficient (Wildman–Crippen LogP) is 1.95. The van der Waals surface area contributed by atoms with E-state index in [-0.39, 0.29) is 0 Å². The number of anilines is 2. The van der Waals surface area contributed by atoms with Gasteiger partial charge in [0.25, 0.3) is 0 Å². The van der Waals surface area contributed by atoms with Crippen LogP contribution in [0, 0.1) is 0 Å². The Labute approximate surface area is 120 Å². The van der Waals surface area contributed by atoms with E-state index in [1.54, 1.807) is 6.07 Å². The summed E-state index contributed by atoms with van der Waals surface area (Å²) in [4.78, 5) is 14.0. The van der Waals surface area contributed by atoms with Crippen molar-refractivity contribution in [2.75, 3.05) is 37.8 Å². The van der Waals surface area contributed by atoms with Gasteiger partial charge in [0.05, 0.1) is 24.0 Å². The number of nitrogens with two attached hydrogens (primary N) is 1. The molecule has 1 fully saturated rings. The maximum atomic E-state index is 11.6. The van der Waals surface area contributed by atoms with Crippen LogP contribution in [0.3, 0.4) is 0 Å². The fourth-order valence-electron chi connectivity index (χ4n) is 2.38. The Balaban J connectivity index is 1.93. The number of nitrogens with zero attached hydrogens (tertiary/aromatic N) is 1. The molecule has 110 valence electrons. The average Bonchev–Trinajstić information content (AvgIpc) is 3.29. The number of esters is 1. The van der Waals surface area contributed by atoms with Crippen LogP contribution in [0.15, 0.2) is 18.2 Å². The van der Waals surface area contributed by atoms with E-state index in [1.165, 1.54) is 20.0 Å². The molecule has 0 heterocycles. The van der Waals surface area contributed by atoms with Gasteiger partial charge < -0.3 is 15.8 Å². The van der Waals surface area contributed by atoms with E-state index in [2.05, 4.69) is 17.1 Å². The Hall–Kier alpha value is -1.75. The van der Waals surface area contributed by atoms with Crippen LogP contribution in [0.2, 0.25) is 0 Å². The van der Waals surface area contributed by atoms with Crippen molar-refractivity contribution >= 4 is 17.3 Å². The molecule has 0 aromatic heterocycles. The van der Waals surface area contributed by atoms with Gasteiger partial charge in [-0.25, -0.2) is 4.79 Å². The standard InChI is InChI=1S/C15H23N3O2/c1-3-18(11-7-8-11)10-9-17-13-6-4-5-12(14(13)16)15(19)20-2/h4-6,11,17H,3,7-10,16H2,1-2H3. The summed E-state index contributed by atoms with van der Waals surface area (Å²) in [7, 11) is 1.36. The molecular formula is C15H23N3O2. The van der Waals surface area contributed by atoms with E-state index in [9.17, 15) is 4.79 Å². The van der Waals surface area contributed by atoms with Crippen LogP contribution < -0.4 is 11.1 Å². The van der Waals surface area contributed by atoms with Gasteiger partial charge in [0.1, 0.15) is 0 Å². The summed E-state index contributed by atoms with van der Waals surface area (Å²) in [5.74, 6) is -0.403. The molecule has 20 heavy (non-hydrogen) atoms. The Morgan fingerprint density at radius 3 is 2.85 bits per heavy atom. The van der Waals surface area contributed by atoms with E-state index in [0.717, 1.165) is 31.4 Å². The SMILES string of the molecule is CCN(CCNc1cccc(C(=O)OC)c1N)C1CC1. The molecule has 0 spiro atoms. The molecule has 3 N–H and O–H groups in total. The lowest BCUT2D eigenvalue weighted by Crippen LogP contribution is -2.31. The number of benzene rings is 1. The Bertz CT molecular complexity index is 472. The Kier molecular flexibility index (Phi) is 4.84. The molecule has 0 saturated heterocycles. The number of hydrogen-bond donors (Lipinski definition) is 2. The molecule has 0 aliphatic heterocycles. The number of hydrogen-bond acceptors (Lipinski definition) is 5. The fourth-order valence-corrected chi connectivity index (χ4v) is 2.38. The number of ether oxygens (including phenoxy) is 1. The lowest BCUT2D eigenvalue weighted by atomic mass is 10.1. The number of rotatable bonds is 7. The quantitative estimate of drug-likeness (QED) is 0.589. The minimum absolute atomic E-state index is 0.403. The lowest BCUT2D eigenvalue weighted by molar-refractivity contribution is 0.0602. The first-order valence-electron chi connectivity index (χ1n) is 7.12. The van der Waals surface area contributed by atoms with Crippen molar-refractivity contribution in [3.63, 3.8) is 0 Å². The van der Waals surface area contributed by atoms with Crippen molar-refractivity contribution in [2.24, 2.45) is 0 Å². The number of carbonyl (C=O) groups is 1. The van der Waals surface area contributed by atoms with E-state index < -0.39 is 5.97 Å². The normalized spacial score (nSPS) is 14.3. The van der Waals surface area contributed by atoms with Crippen LogP contribution >= 0.6 is 0 Å². The second kappa shape index (κ2) is 6.61. The van der Waals surface area contributed by atoms with Crippen molar-refractivity contribution in [1.82, 2.24) is 4.90 Å². The van der Waals surface area contributed by atoms with Crippen molar-refractivity contribution in [3.05, 3.63) is 23.8 Å². The maximum Gasteiger partial charge on any atom is 0.340 e. The molecule has 0 atom stereocenters. The highest BCUT2D eigenvalue weighted by atomic mass is 16.5. The molecule has 1 saturated carbocycles. The first-order chi connectivity index (χ1) is 9.67. The first-order valence-corrected chi connectivity index (χ1v) is 7.12. The van der Waals surface area contributed by atoms with Gasteiger partial charge in [-0.1, -0.05) is 13.0 Å². The fraction of sp³-hybridized carbons (Fsp3) is 0.533. The Morgan fingerprint density at radius 2 is 2.25 bits per heavy atom. The van der Waals surface area contributed by atoms with Crippen LogP contribution in [-0.4, -0.2) is 43.7 Å². The molecule has 1 aromatic rings. The molecule has 2 rings (SSSR count). The molecule has 1 aliphatic carbocycles. The highest BCUT2D eigenvalue weighted by Crippen LogP contribution is 2.26. The smallest absolute Gasteiger partial charge is 0.340 e. The monoisotopic (exact) mass is 277 g/mol. The largest absolute Gasteiger partial charge is 0.465 e. The first kappa shape index (κ1) is 14.7. The van der Waals surface area contributed by atoms with Crippen molar-refractivity contribution in [1.29, 1.82) is 0 Å². The van der Waals surface area contributed by atoms with Crippen LogP contribution in [0.4, 0.5) is 11.4 Å². The zero-order chi connectivity index (χ0) is 14.5. The summed E-state index contributed by atoms with van der Waals surface area (Å²) >= 11 is 0. The van der Waals surface area contributed by atoms with Crippen LogP contribution in [0.5, 0.6) is 0 Å². The molecule has 5 nitrogen and oxygen atoms in total. The number of methoxy groups -OCH3 is 1. The van der Waals surface area contributed by atoms with E-state index in [1.807, 2.05) is 12.1 Å². The van der Waals surface area contributed by atoms with Crippen molar-refractivity contribution < 1.29 is 9.53 Å². The number of nitrogens with one attached hydrogen (secondary N) is 1. The van der Waals surface area contributed by atoms with Gasteiger partial charge in [-0.2, -0.15) is 0 Å². The third-order valence-corrected chi connectivity index (χ3v) is 3.70. The maximum absolute atomic E-state index is 11.6. The van der Waals surface area contributed by atoms with Crippen LogP contribution in [0.25, 0.3) is 0 Å². The Morgan fingerprint density at radius 1 is 1.50 bits per heavy atom. The molecule has 0 amide bonds. The van der Waals surface area contributed by atoms with Gasteiger partial charge in [-0.15, -0.1) is 0 Å². The second-order valence-electron chi connectivity index (χ2n) is 5.04. The third-order valence-electron chi connectivity index (χ3n) is 3.70. The minimum atomic E-state index is -0.403. The summed E-state index contributed by atoms with van der Waals surface area (Å²) in [5.41, 5.74) is 7.66. The molecule has 0 bridgehead atoms. The zero-order valence-electron chi connectivity index (χ0n) is 12.2. The molecular weight excluding hydrogens is 254 g/mol. The van der Waals surface area contributed by atoms with E-state index in [0.29, 0.717) is 11.3 Å². The van der Waals surface area contributed by atoms with Crippen LogP contribution in [0.1, 0.15) is 30.1 Å². The molecule has 0 unspecified atom stereocenters. The number of likely N-dealkylation sites (N-methyl/N-ethyl adjacent to an activating group) is 1. The lowest BCUT2D eigenvalue weighted by Gasteiger charge is -2.20. The molecule has 1 aliphatic rings. The number of nitrogen functional groups attached to an aromatic ring is 1. The van der Waals surface area contributed by atoms with Crippen molar-refractivity contribution in [3.8, 4) is 0 Å². The predicted molar refractivity (Wildman–Crippen MR) is 81.0 cm³/mol. The van der Waals surface area contributed by atoms with Gasteiger partial charge in [0, 0.05) is 19.1 Å². The number of carbonyl (C=O) groups excluding carboxylic acids is 1. The molecule has 0 radical (unpaired) electrons. The second-order valence-corrected chi connectivity index (χ2v) is 5.04. The third kappa shape index (κ3) is 3.42. The highest BCUT2D eigenvalue weighted by Gasteiger charge is 2.27. The van der Waals surface area contributed by atoms with Gasteiger partial charge in [-0.05, 0) is 31.5 Å². The van der Waals surface area contributed by atoms with E-state index >= 15 is 0 Å². The average molecular weight is 277 g/mol. The zero-order valence-corrected chi connectivity index (χ0v) is 12.2. The van der Waals surface area contributed by atoms with Gasteiger partial charge in [0.2, 0.25) is 0 Å². The van der Waals surface area contributed by atoms with Crippen LogP contribution in [-0.2, 0) is 4.74 Å². The summed E-state index contributed by atoms with van der Waals surface area (Å²) in [6, 6.07) is 6.13. The summed E-state index contributed by atoms with van der Waals surface area (Å²) in [6.45, 7) is 5.07.